The number of hydrogen-bond acceptors (Lipinski definition) is 3. The first-order valence-corrected chi connectivity index (χ1v) is 8.13. The van der Waals surface area contributed by atoms with Crippen LogP contribution in [0.25, 0.3) is 0 Å². The van der Waals surface area contributed by atoms with Crippen LogP contribution in [0.2, 0.25) is 0 Å². The molecular weight excluding hydrogens is 302 g/mol. The molecular formula is C20H25NO3. The Bertz CT molecular complexity index is 684. The number of rotatable bonds is 7. The van der Waals surface area contributed by atoms with E-state index in [1.807, 2.05) is 67.3 Å². The number of benzene rings is 2. The fourth-order valence-corrected chi connectivity index (χ4v) is 2.80. The Balaban J connectivity index is 2.26. The van der Waals surface area contributed by atoms with E-state index in [1.165, 1.54) is 0 Å². The van der Waals surface area contributed by atoms with Crippen molar-refractivity contribution in [2.45, 2.75) is 26.5 Å². The molecule has 2 rings (SSSR count). The highest BCUT2D eigenvalue weighted by Gasteiger charge is 2.21. The predicted octanol–water partition coefficient (Wildman–Crippen LogP) is 4.06. The molecule has 128 valence electrons. The van der Waals surface area contributed by atoms with E-state index in [1.54, 1.807) is 14.2 Å². The Morgan fingerprint density at radius 3 is 2.54 bits per heavy atom. The molecule has 0 aliphatic rings. The zero-order valence-corrected chi connectivity index (χ0v) is 14.8. The van der Waals surface area contributed by atoms with Crippen LogP contribution in [-0.2, 0) is 11.3 Å². The summed E-state index contributed by atoms with van der Waals surface area (Å²) in [6.45, 7) is 5.16. The molecule has 0 bridgehead atoms. The summed E-state index contributed by atoms with van der Waals surface area (Å²) >= 11 is 0. The highest BCUT2D eigenvalue weighted by atomic mass is 16.5. The van der Waals surface area contributed by atoms with Crippen molar-refractivity contribution in [1.82, 2.24) is 4.90 Å². The van der Waals surface area contributed by atoms with E-state index < -0.39 is 0 Å². The lowest BCUT2D eigenvalue weighted by atomic mass is 10.0. The zero-order valence-electron chi connectivity index (χ0n) is 14.8. The Morgan fingerprint density at radius 2 is 1.88 bits per heavy atom. The van der Waals surface area contributed by atoms with Crippen LogP contribution in [0.1, 0.15) is 41.4 Å². The minimum Gasteiger partial charge on any atom is -0.497 e. The lowest BCUT2D eigenvalue weighted by molar-refractivity contribution is 0.0701. The van der Waals surface area contributed by atoms with E-state index in [0.29, 0.717) is 18.7 Å². The SMILES string of the molecule is CCN(C(=O)c1cccc(COC)c1)C(C)c1cccc(OC)c1. The van der Waals surface area contributed by atoms with Gasteiger partial charge >= 0.3 is 0 Å². The van der Waals surface area contributed by atoms with Crippen LogP contribution in [-0.4, -0.2) is 31.6 Å². The molecule has 0 N–H and O–H groups in total. The van der Waals surface area contributed by atoms with Crippen molar-refractivity contribution < 1.29 is 14.3 Å². The van der Waals surface area contributed by atoms with Gasteiger partial charge in [-0.05, 0) is 49.2 Å². The summed E-state index contributed by atoms with van der Waals surface area (Å²) in [6.07, 6.45) is 0. The summed E-state index contributed by atoms with van der Waals surface area (Å²) in [5.74, 6) is 0.815. The second-order valence-corrected chi connectivity index (χ2v) is 5.68. The van der Waals surface area contributed by atoms with E-state index >= 15 is 0 Å². The molecule has 0 saturated carbocycles. The molecule has 1 amide bonds. The summed E-state index contributed by atoms with van der Waals surface area (Å²) in [5, 5.41) is 0. The zero-order chi connectivity index (χ0) is 17.5. The van der Waals surface area contributed by atoms with Crippen molar-refractivity contribution in [1.29, 1.82) is 0 Å². The van der Waals surface area contributed by atoms with Gasteiger partial charge in [0.1, 0.15) is 5.75 Å². The Kier molecular flexibility index (Phi) is 6.38. The average Bonchev–Trinajstić information content (AvgIpc) is 2.62. The molecule has 24 heavy (non-hydrogen) atoms. The van der Waals surface area contributed by atoms with Gasteiger partial charge in [0.25, 0.3) is 5.91 Å². The first-order valence-electron chi connectivity index (χ1n) is 8.13. The lowest BCUT2D eigenvalue weighted by Gasteiger charge is -2.29. The highest BCUT2D eigenvalue weighted by Crippen LogP contribution is 2.25. The van der Waals surface area contributed by atoms with Gasteiger partial charge in [0.05, 0.1) is 19.8 Å². The van der Waals surface area contributed by atoms with Crippen molar-refractivity contribution in [3.8, 4) is 5.75 Å². The third-order valence-corrected chi connectivity index (χ3v) is 4.13. The summed E-state index contributed by atoms with van der Waals surface area (Å²) in [6, 6.07) is 15.4. The number of hydrogen-bond donors (Lipinski definition) is 0. The van der Waals surface area contributed by atoms with Crippen molar-refractivity contribution in [3.63, 3.8) is 0 Å². The minimum absolute atomic E-state index is 0.0192. The van der Waals surface area contributed by atoms with Gasteiger partial charge in [-0.25, -0.2) is 0 Å². The summed E-state index contributed by atoms with van der Waals surface area (Å²) in [7, 11) is 3.30. The van der Waals surface area contributed by atoms with Gasteiger partial charge in [0.15, 0.2) is 0 Å². The second kappa shape index (κ2) is 8.50. The van der Waals surface area contributed by atoms with Gasteiger partial charge in [-0.15, -0.1) is 0 Å². The number of methoxy groups -OCH3 is 2. The van der Waals surface area contributed by atoms with Crippen LogP contribution in [0, 0.1) is 0 Å². The van der Waals surface area contributed by atoms with Crippen LogP contribution in [0.5, 0.6) is 5.75 Å². The predicted molar refractivity (Wildman–Crippen MR) is 95.3 cm³/mol. The van der Waals surface area contributed by atoms with Crippen LogP contribution < -0.4 is 4.74 Å². The Hall–Kier alpha value is -2.33. The third-order valence-electron chi connectivity index (χ3n) is 4.13. The first-order chi connectivity index (χ1) is 11.6. The second-order valence-electron chi connectivity index (χ2n) is 5.68. The monoisotopic (exact) mass is 327 g/mol. The van der Waals surface area contributed by atoms with Crippen molar-refractivity contribution >= 4 is 5.91 Å². The maximum atomic E-state index is 13.0. The molecule has 0 aliphatic heterocycles. The molecule has 2 aromatic rings. The number of ether oxygens (including phenoxy) is 2. The summed E-state index contributed by atoms with van der Waals surface area (Å²) < 4.78 is 10.4. The molecule has 0 aliphatic carbocycles. The topological polar surface area (TPSA) is 38.8 Å². The average molecular weight is 327 g/mol. The van der Waals surface area contributed by atoms with Gasteiger partial charge in [-0.1, -0.05) is 24.3 Å². The minimum atomic E-state index is -0.0383. The molecule has 0 heterocycles. The standard InChI is InChI=1S/C20H25NO3/c1-5-21(15(2)17-9-7-11-19(13-17)24-4)20(22)18-10-6-8-16(12-18)14-23-3/h6-13,15H,5,14H2,1-4H3. The van der Waals surface area contributed by atoms with Crippen molar-refractivity contribution in [2.24, 2.45) is 0 Å². The molecule has 0 radical (unpaired) electrons. The number of nitrogens with zero attached hydrogens (tertiary/aromatic N) is 1. The smallest absolute Gasteiger partial charge is 0.254 e. The van der Waals surface area contributed by atoms with Gasteiger partial charge < -0.3 is 14.4 Å². The fraction of sp³-hybridized carbons (Fsp3) is 0.350. The number of amides is 1. The van der Waals surface area contributed by atoms with Gasteiger partial charge in [-0.3, -0.25) is 4.79 Å². The van der Waals surface area contributed by atoms with E-state index in [0.717, 1.165) is 16.9 Å². The molecule has 0 fully saturated rings. The highest BCUT2D eigenvalue weighted by molar-refractivity contribution is 5.94. The van der Waals surface area contributed by atoms with E-state index in [2.05, 4.69) is 0 Å². The van der Waals surface area contributed by atoms with Crippen LogP contribution >= 0.6 is 0 Å². The summed E-state index contributed by atoms with van der Waals surface area (Å²) in [5.41, 5.74) is 2.73. The Morgan fingerprint density at radius 1 is 1.12 bits per heavy atom. The van der Waals surface area contributed by atoms with E-state index in [4.69, 9.17) is 9.47 Å². The van der Waals surface area contributed by atoms with Crippen molar-refractivity contribution in [3.05, 3.63) is 65.2 Å². The lowest BCUT2D eigenvalue weighted by Crippen LogP contribution is -2.33. The van der Waals surface area contributed by atoms with Crippen LogP contribution in [0.15, 0.2) is 48.5 Å². The molecule has 4 nitrogen and oxygen atoms in total. The third kappa shape index (κ3) is 4.15. The molecule has 1 unspecified atom stereocenters. The van der Waals surface area contributed by atoms with E-state index in [-0.39, 0.29) is 11.9 Å². The maximum absolute atomic E-state index is 13.0. The number of carbonyl (C=O) groups is 1. The summed E-state index contributed by atoms with van der Waals surface area (Å²) in [4.78, 5) is 14.8. The van der Waals surface area contributed by atoms with Crippen LogP contribution in [0.4, 0.5) is 0 Å². The normalized spacial score (nSPS) is 11.8. The largest absolute Gasteiger partial charge is 0.497 e. The Labute approximate surface area is 144 Å². The van der Waals surface area contributed by atoms with Crippen molar-refractivity contribution in [2.75, 3.05) is 20.8 Å². The number of carbonyl (C=O) groups excluding carboxylic acids is 1. The first kappa shape index (κ1) is 18.0. The fourth-order valence-electron chi connectivity index (χ4n) is 2.80. The maximum Gasteiger partial charge on any atom is 0.254 e. The van der Waals surface area contributed by atoms with Gasteiger partial charge in [-0.2, -0.15) is 0 Å². The quantitative estimate of drug-likeness (QED) is 0.769. The molecule has 2 aromatic carbocycles. The molecule has 1 atom stereocenters. The van der Waals surface area contributed by atoms with Crippen LogP contribution in [0.3, 0.4) is 0 Å². The molecule has 0 spiro atoms. The van der Waals surface area contributed by atoms with Gasteiger partial charge in [0, 0.05) is 19.2 Å². The molecule has 0 saturated heterocycles. The van der Waals surface area contributed by atoms with Gasteiger partial charge in [0.2, 0.25) is 0 Å². The molecule has 4 heteroatoms. The van der Waals surface area contributed by atoms with E-state index in [9.17, 15) is 4.79 Å². The molecule has 0 aromatic heterocycles.